The minimum Gasteiger partial charge on any atom is -0.497 e. The van der Waals surface area contributed by atoms with Gasteiger partial charge in [-0.2, -0.15) is 0 Å². The lowest BCUT2D eigenvalue weighted by Gasteiger charge is -2.06. The van der Waals surface area contributed by atoms with E-state index in [1.807, 2.05) is 30.3 Å². The number of ketones is 1. The summed E-state index contributed by atoms with van der Waals surface area (Å²) in [4.78, 5) is 12.2. The third-order valence-corrected chi connectivity index (χ3v) is 5.20. The molecule has 3 heteroatoms. The number of rotatable bonds is 15. The summed E-state index contributed by atoms with van der Waals surface area (Å²) >= 11 is 0. The Kier molecular flexibility index (Phi) is 11.4. The Labute approximate surface area is 182 Å². The van der Waals surface area contributed by atoms with Gasteiger partial charge in [0.1, 0.15) is 11.5 Å². The van der Waals surface area contributed by atoms with Crippen LogP contribution in [0.1, 0.15) is 80.6 Å². The molecule has 0 fully saturated rings. The minimum atomic E-state index is -0.0247. The van der Waals surface area contributed by atoms with Gasteiger partial charge >= 0.3 is 0 Å². The largest absolute Gasteiger partial charge is 0.497 e. The maximum Gasteiger partial charge on any atom is 0.185 e. The van der Waals surface area contributed by atoms with Crippen molar-refractivity contribution in [3.05, 3.63) is 65.7 Å². The number of hydrogen-bond donors (Lipinski definition) is 0. The molecule has 2 aromatic rings. The molecule has 162 valence electrons. The summed E-state index contributed by atoms with van der Waals surface area (Å²) in [6, 6.07) is 15.0. The van der Waals surface area contributed by atoms with Crippen molar-refractivity contribution in [3.63, 3.8) is 0 Å². The lowest BCUT2D eigenvalue weighted by atomic mass is 10.1. The molecule has 0 saturated carbocycles. The summed E-state index contributed by atoms with van der Waals surface area (Å²) in [6.07, 6.45) is 15.3. The van der Waals surface area contributed by atoms with Gasteiger partial charge in [0.15, 0.2) is 5.78 Å². The molecule has 0 heterocycles. The molecular formula is C27H36O3. The Balaban J connectivity index is 1.63. The van der Waals surface area contributed by atoms with Crippen LogP contribution in [0.15, 0.2) is 54.6 Å². The van der Waals surface area contributed by atoms with Gasteiger partial charge in [-0.1, -0.05) is 76.5 Å². The summed E-state index contributed by atoms with van der Waals surface area (Å²) in [5.74, 6) is 1.60. The van der Waals surface area contributed by atoms with Crippen molar-refractivity contribution in [2.45, 2.75) is 64.7 Å². The zero-order valence-electron chi connectivity index (χ0n) is 18.6. The standard InChI is InChI=1S/C27H36O3/c1-3-4-5-6-7-8-9-10-11-22-30-26-17-12-23(13-18-26)14-21-27(28)24-15-19-25(29-2)20-16-24/h12-21H,3-11,22H2,1-2H3/b21-14+. The number of carbonyl (C=O) groups is 1. The number of hydrogen-bond acceptors (Lipinski definition) is 3. The lowest BCUT2D eigenvalue weighted by molar-refractivity contribution is 0.104. The van der Waals surface area contributed by atoms with Crippen molar-refractivity contribution in [2.24, 2.45) is 0 Å². The van der Waals surface area contributed by atoms with E-state index in [1.165, 1.54) is 51.4 Å². The number of methoxy groups -OCH3 is 1. The first-order valence-electron chi connectivity index (χ1n) is 11.3. The molecule has 0 spiro atoms. The lowest BCUT2D eigenvalue weighted by Crippen LogP contribution is -1.97. The van der Waals surface area contributed by atoms with Gasteiger partial charge in [-0.05, 0) is 54.5 Å². The third-order valence-electron chi connectivity index (χ3n) is 5.20. The van der Waals surface area contributed by atoms with Crippen LogP contribution in [0.4, 0.5) is 0 Å². The molecule has 0 aliphatic heterocycles. The molecule has 3 nitrogen and oxygen atoms in total. The SMILES string of the molecule is CCCCCCCCCCCOc1ccc(/C=C/C(=O)c2ccc(OC)cc2)cc1. The molecule has 0 amide bonds. The summed E-state index contributed by atoms with van der Waals surface area (Å²) in [5.41, 5.74) is 1.63. The van der Waals surface area contributed by atoms with Gasteiger partial charge in [-0.25, -0.2) is 0 Å². The van der Waals surface area contributed by atoms with E-state index >= 15 is 0 Å². The average Bonchev–Trinajstić information content (AvgIpc) is 2.79. The maximum atomic E-state index is 12.2. The predicted octanol–water partition coefficient (Wildman–Crippen LogP) is 7.50. The van der Waals surface area contributed by atoms with Gasteiger partial charge in [-0.15, -0.1) is 0 Å². The Morgan fingerprint density at radius 1 is 0.767 bits per heavy atom. The second-order valence-electron chi connectivity index (χ2n) is 7.67. The van der Waals surface area contributed by atoms with E-state index in [-0.39, 0.29) is 5.78 Å². The van der Waals surface area contributed by atoms with Crippen LogP contribution in [-0.2, 0) is 0 Å². The maximum absolute atomic E-state index is 12.2. The van der Waals surface area contributed by atoms with Crippen LogP contribution in [0.2, 0.25) is 0 Å². The van der Waals surface area contributed by atoms with Crippen LogP contribution in [0.5, 0.6) is 11.5 Å². The Bertz CT molecular complexity index is 745. The van der Waals surface area contributed by atoms with Gasteiger partial charge < -0.3 is 9.47 Å². The number of ether oxygens (including phenoxy) is 2. The molecule has 0 N–H and O–H groups in total. The molecule has 0 saturated heterocycles. The second kappa shape index (κ2) is 14.4. The average molecular weight is 409 g/mol. The van der Waals surface area contributed by atoms with Crippen molar-refractivity contribution in [1.82, 2.24) is 0 Å². The summed E-state index contributed by atoms with van der Waals surface area (Å²) in [7, 11) is 1.61. The Morgan fingerprint density at radius 3 is 1.93 bits per heavy atom. The summed E-state index contributed by atoms with van der Waals surface area (Å²) < 4.78 is 11.0. The third kappa shape index (κ3) is 9.30. The summed E-state index contributed by atoms with van der Waals surface area (Å²) in [5, 5.41) is 0. The van der Waals surface area contributed by atoms with E-state index in [2.05, 4.69) is 6.92 Å². The molecule has 0 radical (unpaired) electrons. The van der Waals surface area contributed by atoms with Gasteiger partial charge in [0.25, 0.3) is 0 Å². The molecule has 0 aromatic heterocycles. The molecule has 30 heavy (non-hydrogen) atoms. The predicted molar refractivity (Wildman–Crippen MR) is 126 cm³/mol. The first kappa shape index (κ1) is 23.7. The molecule has 0 atom stereocenters. The Hall–Kier alpha value is -2.55. The highest BCUT2D eigenvalue weighted by atomic mass is 16.5. The van der Waals surface area contributed by atoms with E-state index in [0.29, 0.717) is 5.56 Å². The molecular weight excluding hydrogens is 372 g/mol. The zero-order chi connectivity index (χ0) is 21.4. The van der Waals surface area contributed by atoms with Crippen LogP contribution in [0.25, 0.3) is 6.08 Å². The molecule has 2 aromatic carbocycles. The first-order chi connectivity index (χ1) is 14.7. The van der Waals surface area contributed by atoms with Crippen molar-refractivity contribution in [2.75, 3.05) is 13.7 Å². The number of unbranched alkanes of at least 4 members (excludes halogenated alkanes) is 8. The fourth-order valence-corrected chi connectivity index (χ4v) is 3.30. The van der Waals surface area contributed by atoms with Crippen LogP contribution in [0, 0.1) is 0 Å². The van der Waals surface area contributed by atoms with Gasteiger partial charge in [0, 0.05) is 5.56 Å². The smallest absolute Gasteiger partial charge is 0.185 e. The monoisotopic (exact) mass is 408 g/mol. The molecule has 0 unspecified atom stereocenters. The van der Waals surface area contributed by atoms with Crippen LogP contribution in [-0.4, -0.2) is 19.5 Å². The molecule has 0 aliphatic rings. The van der Waals surface area contributed by atoms with E-state index < -0.39 is 0 Å². The topological polar surface area (TPSA) is 35.5 Å². The highest BCUT2D eigenvalue weighted by molar-refractivity contribution is 6.06. The van der Waals surface area contributed by atoms with Crippen LogP contribution in [0.3, 0.4) is 0 Å². The fourth-order valence-electron chi connectivity index (χ4n) is 3.30. The van der Waals surface area contributed by atoms with Gasteiger partial charge in [0.2, 0.25) is 0 Å². The molecule has 2 rings (SSSR count). The van der Waals surface area contributed by atoms with Crippen molar-refractivity contribution >= 4 is 11.9 Å². The second-order valence-corrected chi connectivity index (χ2v) is 7.67. The first-order valence-corrected chi connectivity index (χ1v) is 11.3. The van der Waals surface area contributed by atoms with Crippen LogP contribution >= 0.6 is 0 Å². The van der Waals surface area contributed by atoms with Crippen molar-refractivity contribution in [3.8, 4) is 11.5 Å². The highest BCUT2D eigenvalue weighted by Gasteiger charge is 2.02. The number of allylic oxidation sites excluding steroid dienone is 1. The van der Waals surface area contributed by atoms with Crippen molar-refractivity contribution < 1.29 is 14.3 Å². The van der Waals surface area contributed by atoms with Crippen molar-refractivity contribution in [1.29, 1.82) is 0 Å². The zero-order valence-corrected chi connectivity index (χ0v) is 18.6. The minimum absolute atomic E-state index is 0.0247. The highest BCUT2D eigenvalue weighted by Crippen LogP contribution is 2.16. The number of carbonyl (C=O) groups excluding carboxylic acids is 1. The van der Waals surface area contributed by atoms with E-state index in [9.17, 15) is 4.79 Å². The van der Waals surface area contributed by atoms with Crippen LogP contribution < -0.4 is 9.47 Å². The van der Waals surface area contributed by atoms with Gasteiger partial charge in [0.05, 0.1) is 13.7 Å². The summed E-state index contributed by atoms with van der Waals surface area (Å²) in [6.45, 7) is 3.02. The van der Waals surface area contributed by atoms with Gasteiger partial charge in [-0.3, -0.25) is 4.79 Å². The normalized spacial score (nSPS) is 11.0. The molecule has 0 bridgehead atoms. The Morgan fingerprint density at radius 2 is 1.33 bits per heavy atom. The fraction of sp³-hybridized carbons (Fsp3) is 0.444. The molecule has 0 aliphatic carbocycles. The van der Waals surface area contributed by atoms with E-state index in [1.54, 1.807) is 37.5 Å². The number of benzene rings is 2. The van der Waals surface area contributed by atoms with E-state index in [0.717, 1.165) is 30.1 Å². The quantitative estimate of drug-likeness (QED) is 0.174. The van der Waals surface area contributed by atoms with E-state index in [4.69, 9.17) is 9.47 Å².